The number of rotatable bonds is 6. The summed E-state index contributed by atoms with van der Waals surface area (Å²) < 4.78 is 13.3. The molecule has 2 fully saturated rings. The van der Waals surface area contributed by atoms with Crippen LogP contribution in [0, 0.1) is 18.3 Å². The highest BCUT2D eigenvalue weighted by atomic mass is 16.6. The first-order valence-corrected chi connectivity index (χ1v) is 12.3. The molecule has 1 saturated carbocycles. The molecule has 35 heavy (non-hydrogen) atoms. The van der Waals surface area contributed by atoms with Gasteiger partial charge in [-0.2, -0.15) is 0 Å². The molecule has 0 bridgehead atoms. The van der Waals surface area contributed by atoms with Gasteiger partial charge in [0.25, 0.3) is 0 Å². The van der Waals surface area contributed by atoms with E-state index in [0.29, 0.717) is 54.5 Å². The summed E-state index contributed by atoms with van der Waals surface area (Å²) in [6.07, 6.45) is 4.47. The van der Waals surface area contributed by atoms with Gasteiger partial charge in [-0.15, -0.1) is 5.10 Å². The van der Waals surface area contributed by atoms with Crippen molar-refractivity contribution in [2.45, 2.75) is 72.0 Å². The van der Waals surface area contributed by atoms with Gasteiger partial charge in [-0.3, -0.25) is 4.79 Å². The lowest BCUT2D eigenvalue weighted by Gasteiger charge is -2.37. The lowest BCUT2D eigenvalue weighted by Crippen LogP contribution is -2.43. The molecular weight excluding hydrogens is 450 g/mol. The lowest BCUT2D eigenvalue weighted by atomic mass is 9.84. The number of carbonyl (C=O) groups is 2. The van der Waals surface area contributed by atoms with Crippen LogP contribution < -0.4 is 4.74 Å². The molecule has 0 unspecified atom stereocenters. The largest absolute Gasteiger partial charge is 0.489 e. The molecule has 2 aliphatic rings. The topological polar surface area (TPSA) is 120 Å². The van der Waals surface area contributed by atoms with Crippen molar-refractivity contribution in [3.8, 4) is 17.1 Å². The Hall–Kier alpha value is -3.17. The molecule has 1 aliphatic heterocycles. The summed E-state index contributed by atoms with van der Waals surface area (Å²) in [5.74, 6) is -0.486. The molecule has 10 nitrogen and oxygen atoms in total. The van der Waals surface area contributed by atoms with Gasteiger partial charge in [-0.25, -0.2) is 14.5 Å². The highest BCUT2D eigenvalue weighted by Crippen LogP contribution is 2.31. The molecule has 0 spiro atoms. The average Bonchev–Trinajstić information content (AvgIpc) is 3.18. The minimum atomic E-state index is -0.761. The van der Waals surface area contributed by atoms with Crippen LogP contribution in [0.2, 0.25) is 0 Å². The Morgan fingerprint density at radius 1 is 1.23 bits per heavy atom. The first-order chi connectivity index (χ1) is 16.6. The minimum absolute atomic E-state index is 0.0478. The van der Waals surface area contributed by atoms with Crippen LogP contribution in [0.3, 0.4) is 0 Å². The first-order valence-electron chi connectivity index (χ1n) is 12.3. The number of nitrogens with zero attached hydrogens (tertiary/aromatic N) is 5. The van der Waals surface area contributed by atoms with E-state index in [1.807, 2.05) is 19.1 Å². The number of aryl methyl sites for hydroxylation is 2. The van der Waals surface area contributed by atoms with Crippen LogP contribution in [0.1, 0.15) is 63.8 Å². The van der Waals surface area contributed by atoms with E-state index >= 15 is 0 Å². The fourth-order valence-corrected chi connectivity index (χ4v) is 5.00. The number of ether oxygens (including phenoxy) is 2. The van der Waals surface area contributed by atoms with Crippen LogP contribution in [-0.2, 0) is 23.2 Å². The average molecular weight is 486 g/mol. The molecule has 1 N–H and O–H groups in total. The third-order valence-corrected chi connectivity index (χ3v) is 6.98. The summed E-state index contributed by atoms with van der Waals surface area (Å²) in [6, 6.07) is 3.64. The van der Waals surface area contributed by atoms with E-state index in [4.69, 9.17) is 9.47 Å². The van der Waals surface area contributed by atoms with Crippen LogP contribution in [0.4, 0.5) is 4.79 Å². The zero-order valence-corrected chi connectivity index (χ0v) is 21.0. The first kappa shape index (κ1) is 24.9. The van der Waals surface area contributed by atoms with Gasteiger partial charge in [-0.05, 0) is 63.0 Å². The molecule has 10 heteroatoms. The van der Waals surface area contributed by atoms with Crippen LogP contribution >= 0.6 is 0 Å². The molecular formula is C25H35N5O5. The number of carbonyl (C=O) groups excluding carboxylic acids is 1. The van der Waals surface area contributed by atoms with Crippen molar-refractivity contribution >= 4 is 12.1 Å². The number of pyridine rings is 1. The van der Waals surface area contributed by atoms with Crippen molar-refractivity contribution in [3.63, 3.8) is 0 Å². The van der Waals surface area contributed by atoms with Crippen molar-refractivity contribution < 1.29 is 24.2 Å². The third-order valence-electron chi connectivity index (χ3n) is 6.98. The lowest BCUT2D eigenvalue weighted by molar-refractivity contribution is -0.143. The molecule has 0 aromatic carbocycles. The maximum absolute atomic E-state index is 12.7. The summed E-state index contributed by atoms with van der Waals surface area (Å²) >= 11 is 0. The van der Waals surface area contributed by atoms with Crippen molar-refractivity contribution in [2.75, 3.05) is 13.1 Å². The standard InChI is InChI=1S/C25H35N5O5/c1-16-21(35-18-8-5-7-17(13-18)23(31)32)10-9-19(26-16)22-20(29(4)28-27-22)14-34-24(33)30-12-6-11-25(2,3)15-30/h9-10,17-18H,5-8,11-15H2,1-4H3,(H,31,32)/t17-,18-/m0/s1. The number of hydrogen-bond acceptors (Lipinski definition) is 7. The van der Waals surface area contributed by atoms with Gasteiger partial charge in [0.15, 0.2) is 0 Å². The maximum Gasteiger partial charge on any atom is 0.410 e. The number of carboxylic acid groups (broad SMARTS) is 1. The Labute approximate surface area is 205 Å². The van der Waals surface area contributed by atoms with Crippen molar-refractivity contribution in [1.29, 1.82) is 0 Å². The number of piperidine rings is 1. The summed E-state index contributed by atoms with van der Waals surface area (Å²) in [4.78, 5) is 30.5. The smallest absolute Gasteiger partial charge is 0.410 e. The Morgan fingerprint density at radius 3 is 2.74 bits per heavy atom. The summed E-state index contributed by atoms with van der Waals surface area (Å²) in [7, 11) is 1.76. The van der Waals surface area contributed by atoms with Crippen LogP contribution in [-0.4, -0.2) is 61.2 Å². The summed E-state index contributed by atoms with van der Waals surface area (Å²) in [6.45, 7) is 7.61. The fraction of sp³-hybridized carbons (Fsp3) is 0.640. The van der Waals surface area contributed by atoms with Gasteiger partial charge in [0.2, 0.25) is 0 Å². The molecule has 2 atom stereocenters. The minimum Gasteiger partial charge on any atom is -0.489 e. The molecule has 0 radical (unpaired) electrons. The van der Waals surface area contributed by atoms with Crippen molar-refractivity contribution in [2.24, 2.45) is 18.4 Å². The van der Waals surface area contributed by atoms with E-state index < -0.39 is 5.97 Å². The predicted octanol–water partition coefficient (Wildman–Crippen LogP) is 3.97. The van der Waals surface area contributed by atoms with E-state index in [-0.39, 0.29) is 30.1 Å². The van der Waals surface area contributed by atoms with E-state index in [0.717, 1.165) is 25.7 Å². The van der Waals surface area contributed by atoms with Gasteiger partial charge >= 0.3 is 12.1 Å². The van der Waals surface area contributed by atoms with Gasteiger partial charge in [-0.1, -0.05) is 19.1 Å². The van der Waals surface area contributed by atoms with E-state index in [9.17, 15) is 14.7 Å². The maximum atomic E-state index is 12.7. The van der Waals surface area contributed by atoms with Crippen LogP contribution in [0.15, 0.2) is 12.1 Å². The quantitative estimate of drug-likeness (QED) is 0.653. The summed E-state index contributed by atoms with van der Waals surface area (Å²) in [5, 5.41) is 17.7. The SMILES string of the molecule is Cc1nc(-c2nnn(C)c2COC(=O)N2CCCC(C)(C)C2)ccc1O[C@H]1CCC[C@H](C(=O)O)C1. The molecule has 3 heterocycles. The number of hydrogen-bond donors (Lipinski definition) is 1. The number of amides is 1. The fourth-order valence-electron chi connectivity index (χ4n) is 5.00. The van der Waals surface area contributed by atoms with E-state index in [1.54, 1.807) is 16.6 Å². The van der Waals surface area contributed by atoms with E-state index in [1.165, 1.54) is 0 Å². The van der Waals surface area contributed by atoms with Gasteiger partial charge < -0.3 is 19.5 Å². The molecule has 2 aromatic heterocycles. The normalized spacial score (nSPS) is 22.0. The third kappa shape index (κ3) is 5.91. The van der Waals surface area contributed by atoms with Crippen molar-refractivity contribution in [1.82, 2.24) is 24.9 Å². The molecule has 1 amide bonds. The molecule has 1 aliphatic carbocycles. The molecule has 190 valence electrons. The van der Waals surface area contributed by atoms with Crippen LogP contribution in [0.5, 0.6) is 5.75 Å². The number of likely N-dealkylation sites (tertiary alicyclic amines) is 1. The zero-order chi connectivity index (χ0) is 25.2. The molecule has 2 aromatic rings. The molecule has 4 rings (SSSR count). The van der Waals surface area contributed by atoms with Gasteiger partial charge in [0.1, 0.15) is 23.7 Å². The molecule has 1 saturated heterocycles. The highest BCUT2D eigenvalue weighted by molar-refractivity contribution is 5.70. The zero-order valence-electron chi connectivity index (χ0n) is 21.0. The highest BCUT2D eigenvalue weighted by Gasteiger charge is 2.31. The Bertz CT molecular complexity index is 1080. The number of aromatic nitrogens is 4. The second kappa shape index (κ2) is 10.2. The Morgan fingerprint density at radius 2 is 2.03 bits per heavy atom. The second-order valence-corrected chi connectivity index (χ2v) is 10.5. The van der Waals surface area contributed by atoms with Gasteiger partial charge in [0, 0.05) is 20.1 Å². The number of aliphatic carboxylic acids is 1. The van der Waals surface area contributed by atoms with Crippen LogP contribution in [0.25, 0.3) is 11.4 Å². The second-order valence-electron chi connectivity index (χ2n) is 10.5. The predicted molar refractivity (Wildman–Crippen MR) is 128 cm³/mol. The monoisotopic (exact) mass is 485 g/mol. The Kier molecular flexibility index (Phi) is 7.28. The summed E-state index contributed by atoms with van der Waals surface area (Å²) in [5.41, 5.74) is 2.60. The number of carboxylic acids is 1. The van der Waals surface area contributed by atoms with Gasteiger partial charge in [0.05, 0.1) is 23.4 Å². The van der Waals surface area contributed by atoms with Crippen molar-refractivity contribution in [3.05, 3.63) is 23.5 Å². The Balaban J connectivity index is 1.43. The van der Waals surface area contributed by atoms with E-state index in [2.05, 4.69) is 29.1 Å².